The number of furan rings is 1. The fraction of sp³-hybridized carbons (Fsp3) is 0.438. The van der Waals surface area contributed by atoms with Crippen LogP contribution in [0.3, 0.4) is 0 Å². The minimum atomic E-state index is -0.507. The molecule has 1 aromatic heterocycles. The Morgan fingerprint density at radius 3 is 2.70 bits per heavy atom. The molecular weight excluding hydrogens is 254 g/mol. The van der Waals surface area contributed by atoms with Crippen molar-refractivity contribution in [1.82, 2.24) is 5.32 Å². The molecule has 1 aromatic carbocycles. The van der Waals surface area contributed by atoms with Gasteiger partial charge in [-0.2, -0.15) is 0 Å². The third-order valence-electron chi connectivity index (χ3n) is 3.79. The number of aliphatic hydroxyl groups excluding tert-OH is 1. The topological polar surface area (TPSA) is 62.5 Å². The highest BCUT2D eigenvalue weighted by Crippen LogP contribution is 2.20. The molecular formula is C16H21NO3. The van der Waals surface area contributed by atoms with Gasteiger partial charge in [-0.1, -0.05) is 44.9 Å². The molecule has 0 aliphatic rings. The summed E-state index contributed by atoms with van der Waals surface area (Å²) >= 11 is 0. The van der Waals surface area contributed by atoms with Gasteiger partial charge in [0.05, 0.1) is 11.7 Å². The third-order valence-corrected chi connectivity index (χ3v) is 3.79. The van der Waals surface area contributed by atoms with Crippen LogP contribution in [0.25, 0.3) is 11.0 Å². The Labute approximate surface area is 118 Å². The van der Waals surface area contributed by atoms with Crippen LogP contribution < -0.4 is 5.32 Å². The number of carbonyl (C=O) groups is 1. The summed E-state index contributed by atoms with van der Waals surface area (Å²) in [6.45, 7) is 4.36. The van der Waals surface area contributed by atoms with Crippen LogP contribution in [-0.2, 0) is 0 Å². The van der Waals surface area contributed by atoms with E-state index in [2.05, 4.69) is 5.32 Å². The molecule has 20 heavy (non-hydrogen) atoms. The molecule has 2 aromatic rings. The van der Waals surface area contributed by atoms with E-state index in [-0.39, 0.29) is 18.4 Å². The number of carbonyl (C=O) groups excluding carboxylic acids is 1. The lowest BCUT2D eigenvalue weighted by molar-refractivity contribution is 0.0817. The Morgan fingerprint density at radius 1 is 1.30 bits per heavy atom. The van der Waals surface area contributed by atoms with Crippen LogP contribution in [0.5, 0.6) is 0 Å². The number of benzene rings is 1. The van der Waals surface area contributed by atoms with Gasteiger partial charge in [0, 0.05) is 11.9 Å². The zero-order valence-electron chi connectivity index (χ0n) is 11.9. The maximum atomic E-state index is 12.1. The summed E-state index contributed by atoms with van der Waals surface area (Å²) in [5.74, 6) is 0.0105. The van der Waals surface area contributed by atoms with E-state index in [1.807, 2.05) is 38.1 Å². The average molecular weight is 275 g/mol. The zero-order valence-corrected chi connectivity index (χ0v) is 11.9. The van der Waals surface area contributed by atoms with Crippen molar-refractivity contribution in [2.75, 3.05) is 6.54 Å². The number of nitrogens with one attached hydrogen (secondary N) is 1. The van der Waals surface area contributed by atoms with Crippen LogP contribution >= 0.6 is 0 Å². The Balaban J connectivity index is 2.02. The van der Waals surface area contributed by atoms with Crippen LogP contribution in [0.15, 0.2) is 34.9 Å². The molecule has 0 spiro atoms. The van der Waals surface area contributed by atoms with Crippen molar-refractivity contribution in [1.29, 1.82) is 0 Å². The predicted molar refractivity (Wildman–Crippen MR) is 78.6 cm³/mol. The lowest BCUT2D eigenvalue weighted by Gasteiger charge is -2.20. The van der Waals surface area contributed by atoms with Gasteiger partial charge in [-0.25, -0.2) is 0 Å². The number of para-hydroxylation sites is 1. The molecule has 1 atom stereocenters. The fourth-order valence-corrected chi connectivity index (χ4v) is 2.45. The van der Waals surface area contributed by atoms with E-state index < -0.39 is 6.10 Å². The standard InChI is InChI=1S/C16H21NO3/c1-3-11(4-2)14(18)9-17-16(19)13-10-20-15-8-6-5-7-12(13)15/h5-8,10-11,14,18H,3-4,9H2,1-2H3,(H,17,19). The van der Waals surface area contributed by atoms with Gasteiger partial charge in [0.15, 0.2) is 0 Å². The summed E-state index contributed by atoms with van der Waals surface area (Å²) in [7, 11) is 0. The lowest BCUT2D eigenvalue weighted by Crippen LogP contribution is -2.36. The smallest absolute Gasteiger partial charge is 0.255 e. The summed E-state index contributed by atoms with van der Waals surface area (Å²) < 4.78 is 5.34. The molecule has 4 nitrogen and oxygen atoms in total. The van der Waals surface area contributed by atoms with Crippen LogP contribution in [0.2, 0.25) is 0 Å². The first kappa shape index (κ1) is 14.6. The van der Waals surface area contributed by atoms with Crippen LogP contribution in [-0.4, -0.2) is 23.7 Å². The maximum absolute atomic E-state index is 12.1. The quantitative estimate of drug-likeness (QED) is 0.852. The summed E-state index contributed by atoms with van der Waals surface area (Å²) in [5.41, 5.74) is 1.20. The zero-order chi connectivity index (χ0) is 14.5. The molecule has 2 rings (SSSR count). The first-order valence-electron chi connectivity index (χ1n) is 7.09. The van der Waals surface area contributed by atoms with E-state index >= 15 is 0 Å². The molecule has 0 saturated heterocycles. The fourth-order valence-electron chi connectivity index (χ4n) is 2.45. The summed E-state index contributed by atoms with van der Waals surface area (Å²) in [6.07, 6.45) is 2.76. The number of hydrogen-bond donors (Lipinski definition) is 2. The minimum Gasteiger partial charge on any atom is -0.463 e. The summed E-state index contributed by atoms with van der Waals surface area (Å²) in [6, 6.07) is 7.41. The molecule has 108 valence electrons. The van der Waals surface area contributed by atoms with E-state index in [1.165, 1.54) is 6.26 Å². The van der Waals surface area contributed by atoms with Crippen molar-refractivity contribution in [2.45, 2.75) is 32.8 Å². The second kappa shape index (κ2) is 6.57. The molecule has 0 aliphatic heterocycles. The monoisotopic (exact) mass is 275 g/mol. The van der Waals surface area contributed by atoms with Gasteiger partial charge >= 0.3 is 0 Å². The first-order chi connectivity index (χ1) is 9.67. The number of fused-ring (bicyclic) bond motifs is 1. The van der Waals surface area contributed by atoms with Gasteiger partial charge in [0.25, 0.3) is 5.91 Å². The molecule has 1 amide bonds. The highest BCUT2D eigenvalue weighted by Gasteiger charge is 2.18. The summed E-state index contributed by atoms with van der Waals surface area (Å²) in [4.78, 5) is 12.1. The second-order valence-electron chi connectivity index (χ2n) is 5.00. The highest BCUT2D eigenvalue weighted by atomic mass is 16.3. The minimum absolute atomic E-state index is 0.208. The molecule has 0 radical (unpaired) electrons. The van der Waals surface area contributed by atoms with E-state index in [0.717, 1.165) is 18.2 Å². The van der Waals surface area contributed by atoms with E-state index in [4.69, 9.17) is 4.42 Å². The number of hydrogen-bond acceptors (Lipinski definition) is 3. The first-order valence-corrected chi connectivity index (χ1v) is 7.09. The second-order valence-corrected chi connectivity index (χ2v) is 5.00. The number of rotatable bonds is 6. The average Bonchev–Trinajstić information content (AvgIpc) is 2.90. The predicted octanol–water partition coefficient (Wildman–Crippen LogP) is 2.96. The Morgan fingerprint density at radius 2 is 2.00 bits per heavy atom. The van der Waals surface area contributed by atoms with Crippen LogP contribution in [0.1, 0.15) is 37.0 Å². The molecule has 1 heterocycles. The molecule has 0 bridgehead atoms. The molecule has 0 aliphatic carbocycles. The molecule has 2 N–H and O–H groups in total. The molecule has 4 heteroatoms. The van der Waals surface area contributed by atoms with Gasteiger partial charge in [0.2, 0.25) is 0 Å². The number of aliphatic hydroxyl groups is 1. The molecule has 0 saturated carbocycles. The van der Waals surface area contributed by atoms with Crippen molar-refractivity contribution in [3.63, 3.8) is 0 Å². The number of amides is 1. The van der Waals surface area contributed by atoms with Crippen molar-refractivity contribution >= 4 is 16.9 Å². The van der Waals surface area contributed by atoms with Crippen molar-refractivity contribution in [3.8, 4) is 0 Å². The van der Waals surface area contributed by atoms with Crippen molar-refractivity contribution in [3.05, 3.63) is 36.1 Å². The SMILES string of the molecule is CCC(CC)C(O)CNC(=O)c1coc2ccccc12. The largest absolute Gasteiger partial charge is 0.463 e. The Kier molecular flexibility index (Phi) is 4.79. The van der Waals surface area contributed by atoms with Crippen LogP contribution in [0, 0.1) is 5.92 Å². The van der Waals surface area contributed by atoms with E-state index in [0.29, 0.717) is 11.1 Å². The van der Waals surface area contributed by atoms with Gasteiger partial charge in [-0.05, 0) is 12.0 Å². The summed E-state index contributed by atoms with van der Waals surface area (Å²) in [5, 5.41) is 13.6. The third kappa shape index (κ3) is 3.02. The van der Waals surface area contributed by atoms with Gasteiger partial charge in [-0.15, -0.1) is 0 Å². The lowest BCUT2D eigenvalue weighted by atomic mass is 9.96. The van der Waals surface area contributed by atoms with Crippen molar-refractivity contribution < 1.29 is 14.3 Å². The van der Waals surface area contributed by atoms with Gasteiger partial charge in [-0.3, -0.25) is 4.79 Å². The van der Waals surface area contributed by atoms with Gasteiger partial charge in [0.1, 0.15) is 11.8 Å². The van der Waals surface area contributed by atoms with E-state index in [9.17, 15) is 9.90 Å². The maximum Gasteiger partial charge on any atom is 0.255 e. The molecule has 1 unspecified atom stereocenters. The molecule has 0 fully saturated rings. The normalized spacial score (nSPS) is 12.8. The Hall–Kier alpha value is -1.81. The highest BCUT2D eigenvalue weighted by molar-refractivity contribution is 6.05. The van der Waals surface area contributed by atoms with E-state index in [1.54, 1.807) is 0 Å². The van der Waals surface area contributed by atoms with Gasteiger partial charge < -0.3 is 14.8 Å². The van der Waals surface area contributed by atoms with Crippen molar-refractivity contribution in [2.24, 2.45) is 5.92 Å². The van der Waals surface area contributed by atoms with Crippen LogP contribution in [0.4, 0.5) is 0 Å². The Bertz CT molecular complexity index is 572.